The van der Waals surface area contributed by atoms with Crippen molar-refractivity contribution in [3.05, 3.63) is 29.8 Å². The summed E-state index contributed by atoms with van der Waals surface area (Å²) in [4.78, 5) is 37.2. The predicted molar refractivity (Wildman–Crippen MR) is 112 cm³/mol. The summed E-state index contributed by atoms with van der Waals surface area (Å²) in [5.74, 6) is -1.64. The SMILES string of the molecule is CN(CC(=O)NC(C)(C)C)C(=O)COC(=O)c1ccc(S(=O)(=O)NC(C)(C)C)cc1. The number of sulfonamides is 1. The summed E-state index contributed by atoms with van der Waals surface area (Å²) in [7, 11) is -2.29. The number of hydrogen-bond donors (Lipinski definition) is 2. The van der Waals surface area contributed by atoms with Gasteiger partial charge in [0.1, 0.15) is 0 Å². The first-order valence-electron chi connectivity index (χ1n) is 9.36. The molecule has 0 heterocycles. The van der Waals surface area contributed by atoms with Gasteiger partial charge in [-0.25, -0.2) is 17.9 Å². The monoisotopic (exact) mass is 441 g/mol. The molecule has 2 N–H and O–H groups in total. The zero-order chi connectivity index (χ0) is 23.3. The fourth-order valence-electron chi connectivity index (χ4n) is 2.31. The van der Waals surface area contributed by atoms with E-state index in [0.29, 0.717) is 0 Å². The lowest BCUT2D eigenvalue weighted by Crippen LogP contribution is -2.46. The minimum Gasteiger partial charge on any atom is -0.452 e. The number of carbonyl (C=O) groups is 3. The molecule has 1 aromatic carbocycles. The number of amides is 2. The van der Waals surface area contributed by atoms with Crippen molar-refractivity contribution in [2.45, 2.75) is 57.5 Å². The summed E-state index contributed by atoms with van der Waals surface area (Å²) in [6.45, 7) is 9.93. The highest BCUT2D eigenvalue weighted by molar-refractivity contribution is 7.89. The van der Waals surface area contributed by atoms with E-state index in [0.717, 1.165) is 4.90 Å². The van der Waals surface area contributed by atoms with Crippen LogP contribution in [0.4, 0.5) is 0 Å². The number of benzene rings is 1. The maximum atomic E-state index is 12.3. The Morgan fingerprint density at radius 1 is 0.967 bits per heavy atom. The lowest BCUT2D eigenvalue weighted by Gasteiger charge is -2.23. The summed E-state index contributed by atoms with van der Waals surface area (Å²) >= 11 is 0. The average molecular weight is 442 g/mol. The van der Waals surface area contributed by atoms with Gasteiger partial charge in [-0.1, -0.05) is 0 Å². The van der Waals surface area contributed by atoms with Gasteiger partial charge in [-0.3, -0.25) is 9.59 Å². The molecule has 0 radical (unpaired) electrons. The minimum absolute atomic E-state index is 0.00893. The number of carbonyl (C=O) groups excluding carboxylic acids is 3. The maximum absolute atomic E-state index is 12.3. The zero-order valence-electron chi connectivity index (χ0n) is 18.5. The fraction of sp³-hybridized carbons (Fsp3) is 0.550. The number of rotatable bonds is 7. The van der Waals surface area contributed by atoms with Gasteiger partial charge in [-0.15, -0.1) is 0 Å². The molecule has 0 unspecified atom stereocenters. The Kier molecular flexibility index (Phi) is 8.16. The van der Waals surface area contributed by atoms with Crippen molar-refractivity contribution >= 4 is 27.8 Å². The standard InChI is InChI=1S/C20H31N3O6S/c1-19(2,3)21-16(24)12-23(7)17(25)13-29-18(26)14-8-10-15(11-9-14)30(27,28)22-20(4,5)6/h8-11,22H,12-13H2,1-7H3,(H,21,24). The third kappa shape index (κ3) is 8.91. The van der Waals surface area contributed by atoms with Crippen molar-refractivity contribution in [2.24, 2.45) is 0 Å². The molecule has 1 aromatic rings. The maximum Gasteiger partial charge on any atom is 0.338 e. The quantitative estimate of drug-likeness (QED) is 0.615. The molecule has 0 aromatic heterocycles. The van der Waals surface area contributed by atoms with Gasteiger partial charge in [0, 0.05) is 18.1 Å². The van der Waals surface area contributed by atoms with Crippen LogP contribution >= 0.6 is 0 Å². The van der Waals surface area contributed by atoms with Crippen molar-refractivity contribution in [1.82, 2.24) is 14.9 Å². The Hall–Kier alpha value is -2.46. The number of likely N-dealkylation sites (N-methyl/N-ethyl adjacent to an activating group) is 1. The van der Waals surface area contributed by atoms with Gasteiger partial charge in [-0.05, 0) is 65.8 Å². The third-order valence-electron chi connectivity index (χ3n) is 3.49. The highest BCUT2D eigenvalue weighted by atomic mass is 32.2. The van der Waals surface area contributed by atoms with E-state index in [9.17, 15) is 22.8 Å². The van der Waals surface area contributed by atoms with Crippen LogP contribution in [0.5, 0.6) is 0 Å². The Bertz CT molecular complexity index is 881. The molecule has 0 aliphatic rings. The first-order valence-corrected chi connectivity index (χ1v) is 10.8. The van der Waals surface area contributed by atoms with Crippen LogP contribution < -0.4 is 10.0 Å². The lowest BCUT2D eigenvalue weighted by molar-refractivity contribution is -0.137. The second-order valence-electron chi connectivity index (χ2n) is 9.00. The van der Waals surface area contributed by atoms with Gasteiger partial charge < -0.3 is 15.0 Å². The lowest BCUT2D eigenvalue weighted by atomic mass is 10.1. The largest absolute Gasteiger partial charge is 0.452 e. The van der Waals surface area contributed by atoms with Gasteiger partial charge in [0.05, 0.1) is 17.0 Å². The summed E-state index contributed by atoms with van der Waals surface area (Å²) in [6, 6.07) is 5.19. The molecule has 0 aliphatic heterocycles. The van der Waals surface area contributed by atoms with Crippen LogP contribution in [0.3, 0.4) is 0 Å². The Labute approximate surface area is 178 Å². The van der Waals surface area contributed by atoms with Crippen molar-refractivity contribution in [3.63, 3.8) is 0 Å². The van der Waals surface area contributed by atoms with E-state index in [1.165, 1.54) is 31.3 Å². The molecular formula is C20H31N3O6S. The molecule has 0 saturated carbocycles. The van der Waals surface area contributed by atoms with E-state index in [-0.39, 0.29) is 22.9 Å². The number of nitrogens with one attached hydrogen (secondary N) is 2. The van der Waals surface area contributed by atoms with Crippen LogP contribution in [0.15, 0.2) is 29.2 Å². The molecule has 30 heavy (non-hydrogen) atoms. The molecule has 9 nitrogen and oxygen atoms in total. The highest BCUT2D eigenvalue weighted by Crippen LogP contribution is 2.14. The molecular weight excluding hydrogens is 410 g/mol. The summed E-state index contributed by atoms with van der Waals surface area (Å²) < 4.78 is 32.1. The highest BCUT2D eigenvalue weighted by Gasteiger charge is 2.23. The minimum atomic E-state index is -3.72. The van der Waals surface area contributed by atoms with E-state index in [1.54, 1.807) is 20.8 Å². The van der Waals surface area contributed by atoms with Gasteiger partial charge in [-0.2, -0.15) is 0 Å². The Balaban J connectivity index is 2.65. The molecule has 0 bridgehead atoms. The Morgan fingerprint density at radius 3 is 1.97 bits per heavy atom. The normalized spacial score (nSPS) is 12.2. The number of esters is 1. The predicted octanol–water partition coefficient (Wildman–Crippen LogP) is 1.29. The van der Waals surface area contributed by atoms with Crippen LogP contribution in [-0.2, 0) is 24.3 Å². The average Bonchev–Trinajstić information content (AvgIpc) is 2.55. The van der Waals surface area contributed by atoms with E-state index in [4.69, 9.17) is 4.74 Å². The van der Waals surface area contributed by atoms with Crippen LogP contribution in [-0.4, -0.2) is 62.4 Å². The summed E-state index contributed by atoms with van der Waals surface area (Å²) in [5.41, 5.74) is -0.965. The second-order valence-corrected chi connectivity index (χ2v) is 10.7. The molecule has 168 valence electrons. The van der Waals surface area contributed by atoms with Crippen LogP contribution in [0.1, 0.15) is 51.9 Å². The van der Waals surface area contributed by atoms with Crippen molar-refractivity contribution in [2.75, 3.05) is 20.2 Å². The molecule has 0 spiro atoms. The first-order chi connectivity index (χ1) is 13.5. The van der Waals surface area contributed by atoms with Crippen LogP contribution in [0.2, 0.25) is 0 Å². The van der Waals surface area contributed by atoms with Crippen molar-refractivity contribution < 1.29 is 27.5 Å². The number of nitrogens with zero attached hydrogens (tertiary/aromatic N) is 1. The van der Waals surface area contributed by atoms with Crippen molar-refractivity contribution in [1.29, 1.82) is 0 Å². The summed E-state index contributed by atoms with van der Waals surface area (Å²) in [5, 5.41) is 2.73. The zero-order valence-corrected chi connectivity index (χ0v) is 19.3. The number of hydrogen-bond acceptors (Lipinski definition) is 6. The van der Waals surface area contributed by atoms with Crippen molar-refractivity contribution in [3.8, 4) is 0 Å². The van der Waals surface area contributed by atoms with Crippen LogP contribution in [0, 0.1) is 0 Å². The van der Waals surface area contributed by atoms with E-state index < -0.39 is 39.6 Å². The van der Waals surface area contributed by atoms with Gasteiger partial charge in [0.2, 0.25) is 15.9 Å². The molecule has 0 atom stereocenters. The molecule has 0 aliphatic carbocycles. The molecule has 0 saturated heterocycles. The third-order valence-corrected chi connectivity index (χ3v) is 5.26. The smallest absolute Gasteiger partial charge is 0.338 e. The fourth-order valence-corrected chi connectivity index (χ4v) is 3.73. The van der Waals surface area contributed by atoms with E-state index in [1.807, 2.05) is 20.8 Å². The van der Waals surface area contributed by atoms with Gasteiger partial charge in [0.15, 0.2) is 6.61 Å². The first kappa shape index (κ1) is 25.6. The van der Waals surface area contributed by atoms with Crippen LogP contribution in [0.25, 0.3) is 0 Å². The molecule has 2 amide bonds. The molecule has 10 heteroatoms. The molecule has 1 rings (SSSR count). The topological polar surface area (TPSA) is 122 Å². The van der Waals surface area contributed by atoms with Gasteiger partial charge in [0.25, 0.3) is 5.91 Å². The second kappa shape index (κ2) is 9.57. The number of ether oxygens (including phenoxy) is 1. The Morgan fingerprint density at radius 2 is 1.50 bits per heavy atom. The molecule has 0 fully saturated rings. The van der Waals surface area contributed by atoms with Gasteiger partial charge >= 0.3 is 5.97 Å². The van der Waals surface area contributed by atoms with E-state index >= 15 is 0 Å². The van der Waals surface area contributed by atoms with E-state index in [2.05, 4.69) is 10.0 Å². The summed E-state index contributed by atoms with van der Waals surface area (Å²) in [6.07, 6.45) is 0.